The Labute approximate surface area is 218 Å². The molecule has 5 aromatic rings. The van der Waals surface area contributed by atoms with Gasteiger partial charge in [0.2, 0.25) is 5.95 Å². The Kier molecular flexibility index (Phi) is 6.65. The fourth-order valence-corrected chi connectivity index (χ4v) is 4.27. The summed E-state index contributed by atoms with van der Waals surface area (Å²) in [7, 11) is 0. The third-order valence-corrected chi connectivity index (χ3v) is 5.94. The van der Waals surface area contributed by atoms with Crippen LogP contribution in [-0.2, 0) is 0 Å². The van der Waals surface area contributed by atoms with E-state index in [9.17, 15) is 10.1 Å². The van der Waals surface area contributed by atoms with Gasteiger partial charge in [0.1, 0.15) is 29.0 Å². The van der Waals surface area contributed by atoms with Crippen molar-refractivity contribution in [3.05, 3.63) is 94.9 Å². The van der Waals surface area contributed by atoms with Crippen LogP contribution in [-0.4, -0.2) is 31.1 Å². The minimum Gasteiger partial charge on any atom is -0.492 e. The largest absolute Gasteiger partial charge is 0.492 e. The van der Waals surface area contributed by atoms with Crippen LogP contribution >= 0.6 is 0 Å². The number of nitrogens with two attached hydrogens (primary N) is 1. The Morgan fingerprint density at radius 1 is 1.11 bits per heavy atom. The number of pyridine rings is 1. The summed E-state index contributed by atoms with van der Waals surface area (Å²) < 4.78 is 7.20. The second-order valence-corrected chi connectivity index (χ2v) is 8.46. The van der Waals surface area contributed by atoms with Gasteiger partial charge in [0.25, 0.3) is 5.56 Å². The molecule has 188 valence electrons. The summed E-state index contributed by atoms with van der Waals surface area (Å²) in [6.07, 6.45) is 4.69. The number of nitrogens with one attached hydrogen (secondary N) is 1. The van der Waals surface area contributed by atoms with Crippen molar-refractivity contribution >= 4 is 22.7 Å². The number of nitrogens with zero attached hydrogens (tertiary/aromatic N) is 6. The van der Waals surface area contributed by atoms with Crippen LogP contribution in [0.3, 0.4) is 0 Å². The Hall–Kier alpha value is -5.30. The van der Waals surface area contributed by atoms with E-state index in [1.54, 1.807) is 23.0 Å². The molecule has 3 heterocycles. The molecule has 38 heavy (non-hydrogen) atoms. The lowest BCUT2D eigenvalue weighted by Gasteiger charge is -2.21. The molecule has 0 fully saturated rings. The molecule has 0 radical (unpaired) electrons. The molecule has 2 aromatic carbocycles. The van der Waals surface area contributed by atoms with E-state index in [0.717, 1.165) is 5.56 Å². The normalized spacial score (nSPS) is 11.6. The zero-order chi connectivity index (χ0) is 26.6. The number of aromatic nitrogens is 5. The molecule has 3 aromatic heterocycles. The topological polar surface area (TPSA) is 145 Å². The number of benzene rings is 2. The van der Waals surface area contributed by atoms with Gasteiger partial charge in [-0.1, -0.05) is 30.3 Å². The summed E-state index contributed by atoms with van der Waals surface area (Å²) in [4.78, 5) is 31.5. The van der Waals surface area contributed by atoms with Crippen molar-refractivity contribution in [1.29, 1.82) is 5.26 Å². The molecular formula is C28H24N8O2. The van der Waals surface area contributed by atoms with Gasteiger partial charge >= 0.3 is 0 Å². The van der Waals surface area contributed by atoms with Crippen molar-refractivity contribution in [3.63, 3.8) is 0 Å². The molecule has 0 spiro atoms. The first-order chi connectivity index (χ1) is 18.5. The summed E-state index contributed by atoms with van der Waals surface area (Å²) in [6.45, 7) is 4.24. The number of ether oxygens (including phenoxy) is 1. The maximum Gasteiger partial charge on any atom is 0.266 e. The fraction of sp³-hybridized carbons (Fsp3) is 0.143. The van der Waals surface area contributed by atoms with Crippen LogP contribution in [0.25, 0.3) is 27.7 Å². The van der Waals surface area contributed by atoms with Crippen molar-refractivity contribution in [3.8, 4) is 28.6 Å². The van der Waals surface area contributed by atoms with Crippen LogP contribution < -0.4 is 21.3 Å². The minimum atomic E-state index is -0.527. The molecule has 10 nitrogen and oxygen atoms in total. The van der Waals surface area contributed by atoms with Crippen LogP contribution in [0.4, 0.5) is 11.8 Å². The average molecular weight is 505 g/mol. The summed E-state index contributed by atoms with van der Waals surface area (Å²) >= 11 is 0. The van der Waals surface area contributed by atoms with Crippen LogP contribution in [0.5, 0.6) is 5.75 Å². The molecule has 0 aliphatic heterocycles. The SMILES string of the molecule is CCOc1cncc(-c2cccc3nc(C(C)Nc4nc(N)ncc4C#N)n(-c4ccccc4)c(=O)c23)c1. The van der Waals surface area contributed by atoms with Crippen molar-refractivity contribution in [2.24, 2.45) is 0 Å². The summed E-state index contributed by atoms with van der Waals surface area (Å²) in [5.41, 5.74) is 8.35. The fourth-order valence-electron chi connectivity index (χ4n) is 4.27. The van der Waals surface area contributed by atoms with E-state index in [1.807, 2.05) is 62.4 Å². The lowest BCUT2D eigenvalue weighted by Crippen LogP contribution is -2.28. The number of anilines is 2. The predicted octanol–water partition coefficient (Wildman–Crippen LogP) is 4.26. The Bertz CT molecular complexity index is 1730. The van der Waals surface area contributed by atoms with Crippen molar-refractivity contribution in [1.82, 2.24) is 24.5 Å². The maximum atomic E-state index is 14.2. The van der Waals surface area contributed by atoms with Gasteiger partial charge in [-0.3, -0.25) is 14.3 Å². The van der Waals surface area contributed by atoms with E-state index in [0.29, 0.717) is 40.3 Å². The second kappa shape index (κ2) is 10.4. The molecule has 0 aliphatic rings. The third-order valence-electron chi connectivity index (χ3n) is 5.94. The van der Waals surface area contributed by atoms with E-state index < -0.39 is 6.04 Å². The first-order valence-electron chi connectivity index (χ1n) is 12.0. The Morgan fingerprint density at radius 2 is 1.92 bits per heavy atom. The highest BCUT2D eigenvalue weighted by molar-refractivity contribution is 5.94. The van der Waals surface area contributed by atoms with E-state index >= 15 is 0 Å². The first-order valence-corrected chi connectivity index (χ1v) is 12.0. The van der Waals surface area contributed by atoms with Crippen LogP contribution in [0, 0.1) is 11.3 Å². The average Bonchev–Trinajstić information content (AvgIpc) is 2.93. The van der Waals surface area contributed by atoms with Gasteiger partial charge in [0.15, 0.2) is 0 Å². The molecule has 0 amide bonds. The molecule has 0 aliphatic carbocycles. The van der Waals surface area contributed by atoms with Crippen LogP contribution in [0.15, 0.2) is 78.0 Å². The monoisotopic (exact) mass is 504 g/mol. The number of nitriles is 1. The van der Waals surface area contributed by atoms with Gasteiger partial charge in [0.05, 0.1) is 41.6 Å². The highest BCUT2D eigenvalue weighted by Crippen LogP contribution is 2.30. The smallest absolute Gasteiger partial charge is 0.266 e. The molecule has 0 saturated carbocycles. The second-order valence-electron chi connectivity index (χ2n) is 8.46. The predicted molar refractivity (Wildman–Crippen MR) is 145 cm³/mol. The summed E-state index contributed by atoms with van der Waals surface area (Å²) in [5.74, 6) is 1.34. The number of hydrogen-bond donors (Lipinski definition) is 2. The lowest BCUT2D eigenvalue weighted by molar-refractivity contribution is 0.339. The van der Waals surface area contributed by atoms with E-state index in [-0.39, 0.29) is 22.9 Å². The number of nitrogen functional groups attached to an aromatic ring is 1. The van der Waals surface area contributed by atoms with Crippen LogP contribution in [0.1, 0.15) is 31.3 Å². The summed E-state index contributed by atoms with van der Waals surface area (Å²) in [5, 5.41) is 13.1. The van der Waals surface area contributed by atoms with Gasteiger partial charge in [-0.05, 0) is 43.7 Å². The maximum absolute atomic E-state index is 14.2. The Balaban J connectivity index is 1.73. The first kappa shape index (κ1) is 24.4. The van der Waals surface area contributed by atoms with Crippen molar-refractivity contribution in [2.75, 3.05) is 17.7 Å². The molecule has 5 rings (SSSR count). The van der Waals surface area contributed by atoms with Gasteiger partial charge in [-0.25, -0.2) is 9.97 Å². The highest BCUT2D eigenvalue weighted by atomic mass is 16.5. The molecule has 0 bridgehead atoms. The van der Waals surface area contributed by atoms with E-state index in [1.165, 1.54) is 6.20 Å². The lowest BCUT2D eigenvalue weighted by atomic mass is 10.0. The zero-order valence-corrected chi connectivity index (χ0v) is 20.8. The minimum absolute atomic E-state index is 0.0261. The van der Waals surface area contributed by atoms with Gasteiger partial charge in [0, 0.05) is 11.8 Å². The number of fused-ring (bicyclic) bond motifs is 1. The molecule has 10 heteroatoms. The molecule has 1 atom stereocenters. The standard InChI is InChI=1S/C28H24N8O2/c1-3-38-21-12-18(14-31-16-21)22-10-7-11-23-24(22)27(37)36(20-8-5-4-6-9-20)26(34-23)17(2)33-25-19(13-29)15-32-28(30)35-25/h4-12,14-17H,3H2,1-2H3,(H3,30,32,33,35). The zero-order valence-electron chi connectivity index (χ0n) is 20.8. The van der Waals surface area contributed by atoms with Gasteiger partial charge in [-0.15, -0.1) is 0 Å². The quantitative estimate of drug-likeness (QED) is 0.332. The summed E-state index contributed by atoms with van der Waals surface area (Å²) in [6, 6.07) is 18.2. The number of para-hydroxylation sites is 1. The van der Waals surface area contributed by atoms with Crippen molar-refractivity contribution < 1.29 is 4.74 Å². The third kappa shape index (κ3) is 4.60. The molecular weight excluding hydrogens is 480 g/mol. The number of rotatable bonds is 7. The van der Waals surface area contributed by atoms with Gasteiger partial charge < -0.3 is 15.8 Å². The van der Waals surface area contributed by atoms with Crippen LogP contribution in [0.2, 0.25) is 0 Å². The van der Waals surface area contributed by atoms with Crippen molar-refractivity contribution in [2.45, 2.75) is 19.9 Å². The van der Waals surface area contributed by atoms with Gasteiger partial charge in [-0.2, -0.15) is 10.2 Å². The molecule has 3 N–H and O–H groups in total. The Morgan fingerprint density at radius 3 is 2.68 bits per heavy atom. The molecule has 0 saturated heterocycles. The number of hydrogen-bond acceptors (Lipinski definition) is 9. The van der Waals surface area contributed by atoms with E-state index in [4.69, 9.17) is 15.5 Å². The molecule has 1 unspecified atom stereocenters. The van der Waals surface area contributed by atoms with E-state index in [2.05, 4.69) is 26.3 Å². The highest BCUT2D eigenvalue weighted by Gasteiger charge is 2.21.